The van der Waals surface area contributed by atoms with E-state index in [-0.39, 0.29) is 11.9 Å². The smallest absolute Gasteiger partial charge is 0.187 e. The van der Waals surface area contributed by atoms with Crippen LogP contribution in [0.4, 0.5) is 0 Å². The number of hydrogen-bond acceptors (Lipinski definition) is 2. The molecular weight excluding hydrogens is 188 g/mol. The molecule has 0 amide bonds. The minimum atomic E-state index is -0.144. The lowest BCUT2D eigenvalue weighted by Gasteiger charge is -2.14. The maximum Gasteiger partial charge on any atom is 0.187 e. The fourth-order valence-corrected chi connectivity index (χ4v) is 2.33. The van der Waals surface area contributed by atoms with Crippen LogP contribution in [-0.2, 0) is 9.53 Å². The van der Waals surface area contributed by atoms with Gasteiger partial charge in [-0.3, -0.25) is 4.79 Å². The molecule has 0 spiro atoms. The molecule has 1 unspecified atom stereocenters. The lowest BCUT2D eigenvalue weighted by atomic mass is 9.99. The van der Waals surface area contributed by atoms with Crippen LogP contribution in [0.5, 0.6) is 0 Å². The van der Waals surface area contributed by atoms with Gasteiger partial charge in [0, 0.05) is 7.11 Å². The normalized spacial score (nSPS) is 24.2. The van der Waals surface area contributed by atoms with Crippen LogP contribution in [0.3, 0.4) is 0 Å². The predicted octanol–water partition coefficient (Wildman–Crippen LogP) is 2.87. The van der Waals surface area contributed by atoms with Crippen LogP contribution in [-0.4, -0.2) is 19.0 Å². The number of methoxy groups -OCH3 is 1. The molecule has 84 valence electrons. The fourth-order valence-electron chi connectivity index (χ4n) is 2.33. The van der Waals surface area contributed by atoms with E-state index in [1.165, 1.54) is 19.3 Å². The first-order valence-corrected chi connectivity index (χ1v) is 6.09. The molecular formula is C13H20O2. The van der Waals surface area contributed by atoms with Crippen molar-refractivity contribution >= 4 is 5.78 Å². The highest BCUT2D eigenvalue weighted by atomic mass is 16.5. The van der Waals surface area contributed by atoms with Gasteiger partial charge in [-0.2, -0.15) is 0 Å². The van der Waals surface area contributed by atoms with Crippen molar-refractivity contribution in [2.75, 3.05) is 7.11 Å². The Kier molecular flexibility index (Phi) is 3.57. The highest BCUT2D eigenvalue weighted by Crippen LogP contribution is 2.36. The Balaban J connectivity index is 2.00. The second kappa shape index (κ2) is 4.93. The zero-order valence-corrected chi connectivity index (χ0v) is 9.50. The van der Waals surface area contributed by atoms with E-state index in [0.29, 0.717) is 5.92 Å². The number of carbonyl (C=O) groups is 1. The Bertz CT molecular complexity index is 264. The second-order valence-corrected chi connectivity index (χ2v) is 4.69. The van der Waals surface area contributed by atoms with Crippen LogP contribution in [0.1, 0.15) is 44.9 Å². The summed E-state index contributed by atoms with van der Waals surface area (Å²) in [7, 11) is 1.66. The fraction of sp³-hybridized carbons (Fsp3) is 0.769. The largest absolute Gasteiger partial charge is 0.373 e. The summed E-state index contributed by atoms with van der Waals surface area (Å²) in [6.45, 7) is 0. The minimum Gasteiger partial charge on any atom is -0.373 e. The third-order valence-corrected chi connectivity index (χ3v) is 3.42. The van der Waals surface area contributed by atoms with E-state index >= 15 is 0 Å². The van der Waals surface area contributed by atoms with Crippen LogP contribution < -0.4 is 0 Å². The van der Waals surface area contributed by atoms with Gasteiger partial charge in [-0.25, -0.2) is 0 Å². The molecule has 0 aromatic carbocycles. The van der Waals surface area contributed by atoms with Crippen molar-refractivity contribution in [3.05, 3.63) is 11.6 Å². The molecule has 2 nitrogen and oxygen atoms in total. The molecule has 0 aromatic heterocycles. The first-order valence-electron chi connectivity index (χ1n) is 6.09. The summed E-state index contributed by atoms with van der Waals surface area (Å²) in [6.07, 6.45) is 10.0. The van der Waals surface area contributed by atoms with Crippen LogP contribution in [0, 0.1) is 5.92 Å². The quantitative estimate of drug-likeness (QED) is 0.710. The summed E-state index contributed by atoms with van der Waals surface area (Å²) >= 11 is 0. The first-order chi connectivity index (χ1) is 7.33. The number of ether oxygens (including phenoxy) is 1. The predicted molar refractivity (Wildman–Crippen MR) is 59.7 cm³/mol. The zero-order valence-electron chi connectivity index (χ0n) is 9.50. The average molecular weight is 208 g/mol. The third kappa shape index (κ3) is 2.69. The molecule has 1 fully saturated rings. The van der Waals surface area contributed by atoms with Crippen molar-refractivity contribution in [1.29, 1.82) is 0 Å². The van der Waals surface area contributed by atoms with Gasteiger partial charge in [0.15, 0.2) is 5.78 Å². The molecule has 0 bridgehead atoms. The van der Waals surface area contributed by atoms with Gasteiger partial charge in [0.2, 0.25) is 0 Å². The molecule has 15 heavy (non-hydrogen) atoms. The summed E-state index contributed by atoms with van der Waals surface area (Å²) in [4.78, 5) is 12.2. The van der Waals surface area contributed by atoms with Gasteiger partial charge in [-0.15, -0.1) is 0 Å². The molecule has 0 saturated heterocycles. The molecule has 1 atom stereocenters. The molecule has 2 heteroatoms. The highest BCUT2D eigenvalue weighted by Gasteiger charge is 2.37. The van der Waals surface area contributed by atoms with Crippen molar-refractivity contribution in [3.8, 4) is 0 Å². The van der Waals surface area contributed by atoms with Gasteiger partial charge < -0.3 is 4.74 Å². The van der Waals surface area contributed by atoms with Gasteiger partial charge in [-0.1, -0.05) is 12.5 Å². The van der Waals surface area contributed by atoms with E-state index < -0.39 is 0 Å². The van der Waals surface area contributed by atoms with Crippen LogP contribution in [0.2, 0.25) is 0 Å². The van der Waals surface area contributed by atoms with Crippen molar-refractivity contribution in [3.63, 3.8) is 0 Å². The Morgan fingerprint density at radius 1 is 1.40 bits per heavy atom. The second-order valence-electron chi connectivity index (χ2n) is 4.69. The van der Waals surface area contributed by atoms with Gasteiger partial charge in [0.05, 0.1) is 0 Å². The standard InChI is InChI=1S/C13H20O2/c1-15-13(11-8-9-11)12(14)10-6-4-2-3-5-7-10/h6,11,13H,2-5,7-9H2,1H3. The maximum atomic E-state index is 12.2. The monoisotopic (exact) mass is 208 g/mol. The number of allylic oxidation sites excluding steroid dienone is 1. The number of rotatable bonds is 4. The Labute approximate surface area is 91.7 Å². The molecule has 0 aliphatic heterocycles. The van der Waals surface area contributed by atoms with Crippen LogP contribution >= 0.6 is 0 Å². The lowest BCUT2D eigenvalue weighted by Crippen LogP contribution is -2.26. The first kappa shape index (κ1) is 10.9. The zero-order chi connectivity index (χ0) is 10.7. The van der Waals surface area contributed by atoms with Crippen LogP contribution in [0.15, 0.2) is 11.6 Å². The number of Topliss-reactive ketones (excluding diaryl/α,β-unsaturated/α-hetero) is 1. The molecule has 1 saturated carbocycles. The molecule has 0 heterocycles. The van der Waals surface area contributed by atoms with Gasteiger partial charge >= 0.3 is 0 Å². The van der Waals surface area contributed by atoms with Gasteiger partial charge in [0.1, 0.15) is 6.10 Å². The summed E-state index contributed by atoms with van der Waals surface area (Å²) in [6, 6.07) is 0. The van der Waals surface area contributed by atoms with Crippen molar-refractivity contribution < 1.29 is 9.53 Å². The summed E-state index contributed by atoms with van der Waals surface area (Å²) < 4.78 is 5.34. The Morgan fingerprint density at radius 3 is 2.87 bits per heavy atom. The van der Waals surface area contributed by atoms with Gasteiger partial charge in [0.25, 0.3) is 0 Å². The average Bonchev–Trinajstić information content (AvgIpc) is 3.05. The lowest BCUT2D eigenvalue weighted by molar-refractivity contribution is -0.126. The number of carbonyl (C=O) groups excluding carboxylic acids is 1. The molecule has 2 aliphatic rings. The topological polar surface area (TPSA) is 26.3 Å². The number of hydrogen-bond donors (Lipinski definition) is 0. The summed E-state index contributed by atoms with van der Waals surface area (Å²) in [5, 5.41) is 0. The van der Waals surface area contributed by atoms with E-state index in [1.807, 2.05) is 0 Å². The van der Waals surface area contributed by atoms with E-state index in [1.54, 1.807) is 7.11 Å². The Morgan fingerprint density at radius 2 is 2.20 bits per heavy atom. The SMILES string of the molecule is COC(C(=O)C1=CCCCCC1)C1CC1. The van der Waals surface area contributed by atoms with Crippen molar-refractivity contribution in [1.82, 2.24) is 0 Å². The van der Waals surface area contributed by atoms with E-state index in [2.05, 4.69) is 6.08 Å². The van der Waals surface area contributed by atoms with Crippen molar-refractivity contribution in [2.24, 2.45) is 5.92 Å². The van der Waals surface area contributed by atoms with Crippen LogP contribution in [0.25, 0.3) is 0 Å². The summed E-state index contributed by atoms with van der Waals surface area (Å²) in [5.74, 6) is 0.772. The molecule has 0 N–H and O–H groups in total. The molecule has 0 aromatic rings. The maximum absolute atomic E-state index is 12.2. The summed E-state index contributed by atoms with van der Waals surface area (Å²) in [5.41, 5.74) is 1.03. The van der Waals surface area contributed by atoms with Crippen molar-refractivity contribution in [2.45, 2.75) is 51.0 Å². The minimum absolute atomic E-state index is 0.144. The highest BCUT2D eigenvalue weighted by molar-refractivity contribution is 5.99. The molecule has 2 aliphatic carbocycles. The van der Waals surface area contributed by atoms with E-state index in [4.69, 9.17) is 4.74 Å². The third-order valence-electron chi connectivity index (χ3n) is 3.42. The molecule has 0 radical (unpaired) electrons. The molecule has 2 rings (SSSR count). The van der Waals surface area contributed by atoms with Gasteiger partial charge in [-0.05, 0) is 50.0 Å². The van der Waals surface area contributed by atoms with E-state index in [9.17, 15) is 4.79 Å². The van der Waals surface area contributed by atoms with E-state index in [0.717, 1.165) is 31.3 Å². The number of ketones is 1. The Hall–Kier alpha value is -0.630.